The molecule has 4 rings (SSSR count). The number of methoxy groups -OCH3 is 1. The van der Waals surface area contributed by atoms with Crippen molar-refractivity contribution in [3.05, 3.63) is 82.4 Å². The number of amides is 1. The highest BCUT2D eigenvalue weighted by molar-refractivity contribution is 7.07. The minimum absolute atomic E-state index is 0.0320. The Morgan fingerprint density at radius 1 is 1.06 bits per heavy atom. The van der Waals surface area contributed by atoms with Gasteiger partial charge in [-0.3, -0.25) is 9.89 Å². The molecule has 0 saturated carbocycles. The molecule has 0 saturated heterocycles. The number of H-pyrrole nitrogens is 1. The number of aromatic amines is 1. The van der Waals surface area contributed by atoms with Gasteiger partial charge in [-0.05, 0) is 43.5 Å². The standard InChI is InChI=1S/C27H30N4O3S/c1-31(14-8-4-7-11-22-16-24(30-29-22)20-9-5-3-6-10-20)27(32)21-12-13-25(26(15-21)33-2)34-17-23-18-35-19-28-23/h3,5-6,9-10,12-13,15-16,18-19H,4,7-8,11,14,17H2,1-2H3,(H,29,30). The van der Waals surface area contributed by atoms with Crippen molar-refractivity contribution in [3.63, 3.8) is 0 Å². The Balaban J connectivity index is 1.21. The molecule has 7 nitrogen and oxygen atoms in total. The second-order valence-corrected chi connectivity index (χ2v) is 9.03. The van der Waals surface area contributed by atoms with E-state index in [2.05, 4.69) is 33.4 Å². The van der Waals surface area contributed by atoms with Crippen LogP contribution in [0.4, 0.5) is 0 Å². The lowest BCUT2D eigenvalue weighted by Crippen LogP contribution is -2.27. The first-order chi connectivity index (χ1) is 17.1. The third kappa shape index (κ3) is 6.70. The SMILES string of the molecule is COc1cc(C(=O)N(C)CCCCCc2cc(-c3ccccc3)n[nH]2)ccc1OCc1cscn1. The minimum Gasteiger partial charge on any atom is -0.493 e. The smallest absolute Gasteiger partial charge is 0.253 e. The van der Waals surface area contributed by atoms with Crippen molar-refractivity contribution in [3.8, 4) is 22.8 Å². The average molecular weight is 491 g/mol. The molecular formula is C27H30N4O3S. The molecule has 4 aromatic rings. The van der Waals surface area contributed by atoms with Gasteiger partial charge in [-0.2, -0.15) is 5.10 Å². The largest absolute Gasteiger partial charge is 0.493 e. The van der Waals surface area contributed by atoms with Crippen LogP contribution in [0, 0.1) is 0 Å². The average Bonchev–Trinajstić information content (AvgIpc) is 3.59. The van der Waals surface area contributed by atoms with E-state index in [0.29, 0.717) is 30.2 Å². The zero-order valence-electron chi connectivity index (χ0n) is 20.1. The molecule has 2 aromatic carbocycles. The van der Waals surface area contributed by atoms with Gasteiger partial charge in [0.15, 0.2) is 11.5 Å². The van der Waals surface area contributed by atoms with Gasteiger partial charge in [-0.1, -0.05) is 36.8 Å². The number of aromatic nitrogens is 3. The van der Waals surface area contributed by atoms with E-state index < -0.39 is 0 Å². The van der Waals surface area contributed by atoms with Crippen LogP contribution in [0.1, 0.15) is 41.0 Å². The van der Waals surface area contributed by atoms with E-state index in [0.717, 1.165) is 48.3 Å². The Kier molecular flexibility index (Phi) is 8.51. The maximum absolute atomic E-state index is 12.9. The lowest BCUT2D eigenvalue weighted by atomic mass is 10.1. The predicted octanol–water partition coefficient (Wildman–Crippen LogP) is 5.61. The van der Waals surface area contributed by atoms with Crippen molar-refractivity contribution in [1.29, 1.82) is 0 Å². The Morgan fingerprint density at radius 3 is 2.69 bits per heavy atom. The number of nitrogens with one attached hydrogen (secondary N) is 1. The van der Waals surface area contributed by atoms with Crippen LogP contribution in [0.3, 0.4) is 0 Å². The van der Waals surface area contributed by atoms with Gasteiger partial charge in [-0.15, -0.1) is 11.3 Å². The Bertz CT molecular complexity index is 1210. The highest BCUT2D eigenvalue weighted by Gasteiger charge is 2.15. The van der Waals surface area contributed by atoms with Crippen LogP contribution in [0.2, 0.25) is 0 Å². The zero-order chi connectivity index (χ0) is 24.5. The van der Waals surface area contributed by atoms with E-state index in [9.17, 15) is 4.79 Å². The van der Waals surface area contributed by atoms with Crippen LogP contribution in [0.5, 0.6) is 11.5 Å². The lowest BCUT2D eigenvalue weighted by molar-refractivity contribution is 0.0792. The summed E-state index contributed by atoms with van der Waals surface area (Å²) in [5.41, 5.74) is 6.44. The summed E-state index contributed by atoms with van der Waals surface area (Å²) >= 11 is 1.53. The van der Waals surface area contributed by atoms with Gasteiger partial charge in [0.2, 0.25) is 0 Å². The van der Waals surface area contributed by atoms with Gasteiger partial charge in [0.05, 0.1) is 24.0 Å². The van der Waals surface area contributed by atoms with Crippen molar-refractivity contribution in [2.75, 3.05) is 20.7 Å². The molecule has 0 spiro atoms. The molecule has 0 radical (unpaired) electrons. The number of nitrogens with zero attached hydrogens (tertiary/aromatic N) is 3. The topological polar surface area (TPSA) is 80.3 Å². The molecule has 2 heterocycles. The summed E-state index contributed by atoms with van der Waals surface area (Å²) in [6.45, 7) is 1.06. The number of unbranched alkanes of at least 4 members (excludes halogenated alkanes) is 2. The van der Waals surface area contributed by atoms with Crippen LogP contribution in [-0.4, -0.2) is 46.7 Å². The van der Waals surface area contributed by atoms with Crippen LogP contribution in [0.25, 0.3) is 11.3 Å². The number of carbonyl (C=O) groups excluding carboxylic acids is 1. The van der Waals surface area contributed by atoms with Crippen molar-refractivity contribution in [1.82, 2.24) is 20.1 Å². The summed E-state index contributed by atoms with van der Waals surface area (Å²) in [7, 11) is 3.41. The third-order valence-electron chi connectivity index (χ3n) is 5.76. The van der Waals surface area contributed by atoms with Crippen LogP contribution in [0.15, 0.2) is 65.5 Å². The molecular weight excluding hydrogens is 460 g/mol. The summed E-state index contributed by atoms with van der Waals surface area (Å²) in [5, 5.41) is 9.49. The molecule has 35 heavy (non-hydrogen) atoms. The number of hydrogen-bond acceptors (Lipinski definition) is 6. The van der Waals surface area contributed by atoms with E-state index >= 15 is 0 Å². The molecule has 2 aromatic heterocycles. The maximum atomic E-state index is 12.9. The monoisotopic (exact) mass is 490 g/mol. The fourth-order valence-electron chi connectivity index (χ4n) is 3.79. The van der Waals surface area contributed by atoms with E-state index in [-0.39, 0.29) is 5.91 Å². The first-order valence-electron chi connectivity index (χ1n) is 11.7. The second kappa shape index (κ2) is 12.2. The summed E-state index contributed by atoms with van der Waals surface area (Å²) in [4.78, 5) is 18.9. The first-order valence-corrected chi connectivity index (χ1v) is 12.6. The van der Waals surface area contributed by atoms with Crippen molar-refractivity contribution in [2.24, 2.45) is 0 Å². The number of rotatable bonds is 12. The molecule has 0 atom stereocenters. The van der Waals surface area contributed by atoms with E-state index in [1.165, 1.54) is 11.3 Å². The van der Waals surface area contributed by atoms with Crippen LogP contribution >= 0.6 is 11.3 Å². The first kappa shape index (κ1) is 24.5. The van der Waals surface area contributed by atoms with E-state index in [4.69, 9.17) is 9.47 Å². The fraction of sp³-hybridized carbons (Fsp3) is 0.296. The minimum atomic E-state index is -0.0320. The fourth-order valence-corrected chi connectivity index (χ4v) is 4.33. The molecule has 0 aliphatic heterocycles. The third-order valence-corrected chi connectivity index (χ3v) is 6.39. The van der Waals surface area contributed by atoms with Gasteiger partial charge < -0.3 is 14.4 Å². The van der Waals surface area contributed by atoms with E-state index in [1.54, 1.807) is 35.7 Å². The Morgan fingerprint density at radius 2 is 1.91 bits per heavy atom. The molecule has 0 aliphatic rings. The van der Waals surface area contributed by atoms with Crippen molar-refractivity contribution < 1.29 is 14.3 Å². The zero-order valence-corrected chi connectivity index (χ0v) is 20.9. The normalized spacial score (nSPS) is 10.8. The van der Waals surface area contributed by atoms with Gasteiger partial charge in [0, 0.05) is 35.8 Å². The summed E-state index contributed by atoms with van der Waals surface area (Å²) in [6.07, 6.45) is 3.95. The van der Waals surface area contributed by atoms with Gasteiger partial charge in [0.25, 0.3) is 5.91 Å². The number of ether oxygens (including phenoxy) is 2. The number of aryl methyl sites for hydroxylation is 1. The highest BCUT2D eigenvalue weighted by Crippen LogP contribution is 2.29. The van der Waals surface area contributed by atoms with E-state index in [1.807, 2.05) is 30.6 Å². The highest BCUT2D eigenvalue weighted by atomic mass is 32.1. The van der Waals surface area contributed by atoms with Crippen molar-refractivity contribution in [2.45, 2.75) is 32.3 Å². The summed E-state index contributed by atoms with van der Waals surface area (Å²) in [5.74, 6) is 1.10. The summed E-state index contributed by atoms with van der Waals surface area (Å²) in [6, 6.07) is 17.6. The lowest BCUT2D eigenvalue weighted by Gasteiger charge is -2.18. The molecule has 0 aliphatic carbocycles. The van der Waals surface area contributed by atoms with Crippen LogP contribution in [-0.2, 0) is 13.0 Å². The summed E-state index contributed by atoms with van der Waals surface area (Å²) < 4.78 is 11.3. The Labute approximate surface area is 209 Å². The molecule has 1 amide bonds. The van der Waals surface area contributed by atoms with Gasteiger partial charge in [0.1, 0.15) is 6.61 Å². The Hall–Kier alpha value is -3.65. The maximum Gasteiger partial charge on any atom is 0.253 e. The molecule has 0 bridgehead atoms. The van der Waals surface area contributed by atoms with Gasteiger partial charge in [-0.25, -0.2) is 4.98 Å². The molecule has 0 unspecified atom stereocenters. The predicted molar refractivity (Wildman–Crippen MR) is 138 cm³/mol. The number of benzene rings is 2. The van der Waals surface area contributed by atoms with Gasteiger partial charge >= 0.3 is 0 Å². The molecule has 182 valence electrons. The van der Waals surface area contributed by atoms with Crippen molar-refractivity contribution >= 4 is 17.2 Å². The molecule has 0 fully saturated rings. The number of hydrogen-bond donors (Lipinski definition) is 1. The van der Waals surface area contributed by atoms with Crippen LogP contribution < -0.4 is 9.47 Å². The second-order valence-electron chi connectivity index (χ2n) is 8.32. The quantitative estimate of drug-likeness (QED) is 0.261. The number of carbonyl (C=O) groups is 1. The number of thiazole rings is 1. The molecule has 8 heteroatoms. The molecule has 1 N–H and O–H groups in total.